The zero-order chi connectivity index (χ0) is 15.2. The number of aromatic nitrogens is 2. The summed E-state index contributed by atoms with van der Waals surface area (Å²) < 4.78 is 13.3. The minimum atomic E-state index is -0.382. The molecule has 0 bridgehead atoms. The molecule has 6 heteroatoms. The maximum Gasteiger partial charge on any atom is 0.278 e. The number of carbonyl (C=O) groups excluding carboxylic acids is 1. The third-order valence-corrected chi connectivity index (χ3v) is 2.91. The van der Waals surface area contributed by atoms with Gasteiger partial charge in [0, 0.05) is 18.8 Å². The highest BCUT2D eigenvalue weighted by Crippen LogP contribution is 2.17. The SMILES string of the molecule is CCNc1cnc(C(=O)N(CC)c2cccc(F)c2)cn1. The number of nitrogens with zero attached hydrogens (tertiary/aromatic N) is 3. The Morgan fingerprint density at radius 1 is 1.29 bits per heavy atom. The lowest BCUT2D eigenvalue weighted by Gasteiger charge is -2.20. The van der Waals surface area contributed by atoms with Gasteiger partial charge in [-0.2, -0.15) is 0 Å². The van der Waals surface area contributed by atoms with Crippen LogP contribution in [0.15, 0.2) is 36.7 Å². The molecule has 21 heavy (non-hydrogen) atoms. The van der Waals surface area contributed by atoms with Gasteiger partial charge < -0.3 is 10.2 Å². The van der Waals surface area contributed by atoms with Gasteiger partial charge in [-0.25, -0.2) is 14.4 Å². The number of amides is 1. The molecule has 0 aliphatic carbocycles. The van der Waals surface area contributed by atoms with Gasteiger partial charge in [-0.1, -0.05) is 6.07 Å². The number of hydrogen-bond donors (Lipinski definition) is 1. The zero-order valence-electron chi connectivity index (χ0n) is 12.0. The topological polar surface area (TPSA) is 58.1 Å². The van der Waals surface area contributed by atoms with Crippen molar-refractivity contribution in [2.24, 2.45) is 0 Å². The van der Waals surface area contributed by atoms with Crippen molar-refractivity contribution < 1.29 is 9.18 Å². The second kappa shape index (κ2) is 6.78. The van der Waals surface area contributed by atoms with Gasteiger partial charge in [0.15, 0.2) is 0 Å². The summed E-state index contributed by atoms with van der Waals surface area (Å²) in [5.74, 6) is -0.0752. The van der Waals surface area contributed by atoms with Crippen LogP contribution in [0.1, 0.15) is 24.3 Å². The van der Waals surface area contributed by atoms with Crippen molar-refractivity contribution in [3.63, 3.8) is 0 Å². The lowest BCUT2D eigenvalue weighted by Crippen LogP contribution is -2.31. The van der Waals surface area contributed by atoms with E-state index >= 15 is 0 Å². The highest BCUT2D eigenvalue weighted by molar-refractivity contribution is 6.04. The predicted molar refractivity (Wildman–Crippen MR) is 79.9 cm³/mol. The molecule has 1 heterocycles. The lowest BCUT2D eigenvalue weighted by atomic mass is 10.2. The summed E-state index contributed by atoms with van der Waals surface area (Å²) >= 11 is 0. The van der Waals surface area contributed by atoms with E-state index in [-0.39, 0.29) is 17.4 Å². The molecule has 5 nitrogen and oxygen atoms in total. The highest BCUT2D eigenvalue weighted by atomic mass is 19.1. The molecule has 0 unspecified atom stereocenters. The van der Waals surface area contributed by atoms with Crippen LogP contribution in [0.3, 0.4) is 0 Å². The fraction of sp³-hybridized carbons (Fsp3) is 0.267. The molecular formula is C15H17FN4O. The van der Waals surface area contributed by atoms with Crippen molar-refractivity contribution >= 4 is 17.4 Å². The van der Waals surface area contributed by atoms with E-state index in [9.17, 15) is 9.18 Å². The summed E-state index contributed by atoms with van der Waals surface area (Å²) in [4.78, 5) is 22.1. The normalized spacial score (nSPS) is 10.2. The van der Waals surface area contributed by atoms with Gasteiger partial charge in [0.25, 0.3) is 5.91 Å². The first-order chi connectivity index (χ1) is 10.2. The van der Waals surface area contributed by atoms with Crippen molar-refractivity contribution in [2.75, 3.05) is 23.3 Å². The van der Waals surface area contributed by atoms with Crippen molar-refractivity contribution in [1.29, 1.82) is 0 Å². The zero-order valence-corrected chi connectivity index (χ0v) is 12.0. The van der Waals surface area contributed by atoms with E-state index in [0.717, 1.165) is 6.54 Å². The van der Waals surface area contributed by atoms with Crippen LogP contribution >= 0.6 is 0 Å². The summed E-state index contributed by atoms with van der Waals surface area (Å²) in [5.41, 5.74) is 0.725. The molecule has 0 atom stereocenters. The number of anilines is 2. The Bertz CT molecular complexity index is 615. The smallest absolute Gasteiger partial charge is 0.278 e. The van der Waals surface area contributed by atoms with Crippen LogP contribution in [0.25, 0.3) is 0 Å². The largest absolute Gasteiger partial charge is 0.369 e. The molecule has 0 radical (unpaired) electrons. The van der Waals surface area contributed by atoms with Gasteiger partial charge in [0.1, 0.15) is 17.3 Å². The van der Waals surface area contributed by atoms with Crippen molar-refractivity contribution in [1.82, 2.24) is 9.97 Å². The third-order valence-electron chi connectivity index (χ3n) is 2.91. The van der Waals surface area contributed by atoms with Gasteiger partial charge in [-0.15, -0.1) is 0 Å². The second-order valence-electron chi connectivity index (χ2n) is 4.35. The first-order valence-corrected chi connectivity index (χ1v) is 6.79. The maximum absolute atomic E-state index is 13.3. The summed E-state index contributed by atoms with van der Waals surface area (Å²) in [6.45, 7) is 4.91. The Hall–Kier alpha value is -2.50. The Morgan fingerprint density at radius 2 is 2.10 bits per heavy atom. The third kappa shape index (κ3) is 3.53. The fourth-order valence-electron chi connectivity index (χ4n) is 1.94. The van der Waals surface area contributed by atoms with Gasteiger partial charge in [-0.05, 0) is 32.0 Å². The van der Waals surface area contributed by atoms with E-state index < -0.39 is 0 Å². The van der Waals surface area contributed by atoms with Gasteiger partial charge in [-0.3, -0.25) is 4.79 Å². The van der Waals surface area contributed by atoms with E-state index in [1.165, 1.54) is 29.4 Å². The molecule has 1 N–H and O–H groups in total. The Morgan fingerprint density at radius 3 is 2.67 bits per heavy atom. The first-order valence-electron chi connectivity index (χ1n) is 6.79. The van der Waals surface area contributed by atoms with Crippen molar-refractivity contribution in [3.05, 3.63) is 48.2 Å². The van der Waals surface area contributed by atoms with Crippen molar-refractivity contribution in [3.8, 4) is 0 Å². The molecule has 1 amide bonds. The summed E-state index contributed by atoms with van der Waals surface area (Å²) in [5, 5.41) is 3.01. The summed E-state index contributed by atoms with van der Waals surface area (Å²) in [7, 11) is 0. The fourth-order valence-corrected chi connectivity index (χ4v) is 1.94. The van der Waals surface area contributed by atoms with E-state index in [0.29, 0.717) is 18.1 Å². The van der Waals surface area contributed by atoms with E-state index in [2.05, 4.69) is 15.3 Å². The summed E-state index contributed by atoms with van der Waals surface area (Å²) in [6, 6.07) is 5.92. The standard InChI is InChI=1S/C15H17FN4O/c1-3-17-14-10-18-13(9-19-14)15(21)20(4-2)12-7-5-6-11(16)8-12/h5-10H,3-4H2,1-2H3,(H,17,19). The molecule has 0 saturated carbocycles. The van der Waals surface area contributed by atoms with Gasteiger partial charge in [0.2, 0.25) is 0 Å². The molecule has 110 valence electrons. The van der Waals surface area contributed by atoms with Crippen LogP contribution < -0.4 is 10.2 Å². The van der Waals surface area contributed by atoms with Crippen LogP contribution in [-0.4, -0.2) is 29.0 Å². The van der Waals surface area contributed by atoms with E-state index in [1.54, 1.807) is 12.1 Å². The number of halogens is 1. The molecule has 2 rings (SSSR count). The predicted octanol–water partition coefficient (Wildman–Crippen LogP) is 2.71. The molecule has 1 aromatic carbocycles. The minimum Gasteiger partial charge on any atom is -0.369 e. The van der Waals surface area contributed by atoms with E-state index in [1.807, 2.05) is 13.8 Å². The lowest BCUT2D eigenvalue weighted by molar-refractivity contribution is 0.0983. The number of nitrogens with one attached hydrogen (secondary N) is 1. The monoisotopic (exact) mass is 288 g/mol. The molecule has 0 spiro atoms. The average molecular weight is 288 g/mol. The van der Waals surface area contributed by atoms with Crippen LogP contribution in [0.5, 0.6) is 0 Å². The Kier molecular flexibility index (Phi) is 4.81. The van der Waals surface area contributed by atoms with Gasteiger partial charge >= 0.3 is 0 Å². The molecular weight excluding hydrogens is 271 g/mol. The Balaban J connectivity index is 2.23. The van der Waals surface area contributed by atoms with Crippen LogP contribution in [0, 0.1) is 5.82 Å². The van der Waals surface area contributed by atoms with Crippen molar-refractivity contribution in [2.45, 2.75) is 13.8 Å². The number of rotatable bonds is 5. The Labute approximate surface area is 122 Å². The summed E-state index contributed by atoms with van der Waals surface area (Å²) in [6.07, 6.45) is 2.93. The highest BCUT2D eigenvalue weighted by Gasteiger charge is 2.18. The average Bonchev–Trinajstić information content (AvgIpc) is 2.49. The maximum atomic E-state index is 13.3. The molecule has 1 aromatic heterocycles. The second-order valence-corrected chi connectivity index (χ2v) is 4.35. The quantitative estimate of drug-likeness (QED) is 0.919. The van der Waals surface area contributed by atoms with E-state index in [4.69, 9.17) is 0 Å². The first kappa shape index (κ1) is 14.9. The van der Waals surface area contributed by atoms with Gasteiger partial charge in [0.05, 0.1) is 12.4 Å². The molecule has 2 aromatic rings. The number of carbonyl (C=O) groups is 1. The molecule has 0 aliphatic heterocycles. The number of hydrogen-bond acceptors (Lipinski definition) is 4. The van der Waals surface area contributed by atoms with Crippen LogP contribution in [0.2, 0.25) is 0 Å². The molecule has 0 aliphatic rings. The van der Waals surface area contributed by atoms with Crippen LogP contribution in [0.4, 0.5) is 15.9 Å². The molecule has 0 fully saturated rings. The molecule has 0 saturated heterocycles. The minimum absolute atomic E-state index is 0.225. The van der Waals surface area contributed by atoms with Crippen LogP contribution in [-0.2, 0) is 0 Å². The number of benzene rings is 1.